The number of carbonyl (C=O) groups is 1. The second-order valence-corrected chi connectivity index (χ2v) is 4.33. The minimum Gasteiger partial charge on any atom is -0.267 e. The topological polar surface area (TPSA) is 45.6 Å². The van der Waals surface area contributed by atoms with Crippen molar-refractivity contribution in [3.05, 3.63) is 66.0 Å². The van der Waals surface area contributed by atoms with Crippen molar-refractivity contribution in [1.29, 1.82) is 0 Å². The molecule has 1 amide bonds. The minimum atomic E-state index is -0.0981. The smallest absolute Gasteiger partial charge is 0.267 e. The molecule has 1 aromatic carbocycles. The Morgan fingerprint density at radius 1 is 1.11 bits per heavy atom. The van der Waals surface area contributed by atoms with Crippen LogP contribution in [0.1, 0.15) is 22.3 Å². The minimum absolute atomic E-state index is 0.0981. The third kappa shape index (κ3) is 2.38. The summed E-state index contributed by atoms with van der Waals surface area (Å²) in [4.78, 5) is 16.2. The average molecular weight is 251 g/mol. The highest BCUT2D eigenvalue weighted by molar-refractivity contribution is 6.04. The number of hydrazone groups is 1. The van der Waals surface area contributed by atoms with Gasteiger partial charge in [0, 0.05) is 18.8 Å². The number of amides is 1. The fraction of sp³-hybridized carbons (Fsp3) is 0.133. The molecule has 0 atom stereocenters. The van der Waals surface area contributed by atoms with Gasteiger partial charge >= 0.3 is 0 Å². The van der Waals surface area contributed by atoms with Gasteiger partial charge in [0.05, 0.1) is 17.8 Å². The zero-order valence-corrected chi connectivity index (χ0v) is 10.4. The molecule has 2 aromatic rings. The Morgan fingerprint density at radius 3 is 2.68 bits per heavy atom. The zero-order chi connectivity index (χ0) is 13.1. The quantitative estimate of drug-likeness (QED) is 0.822. The van der Waals surface area contributed by atoms with E-state index in [1.165, 1.54) is 5.01 Å². The first-order valence-corrected chi connectivity index (χ1v) is 6.19. The normalized spacial score (nSPS) is 14.3. The van der Waals surface area contributed by atoms with Crippen molar-refractivity contribution in [2.75, 3.05) is 6.54 Å². The van der Waals surface area contributed by atoms with E-state index in [0.717, 1.165) is 17.7 Å². The third-order valence-corrected chi connectivity index (χ3v) is 3.05. The molecule has 0 radical (unpaired) electrons. The molecule has 0 saturated heterocycles. The number of pyridine rings is 1. The van der Waals surface area contributed by atoms with Crippen LogP contribution in [0.5, 0.6) is 0 Å². The molecule has 94 valence electrons. The Labute approximate surface area is 111 Å². The molecule has 0 bridgehead atoms. The summed E-state index contributed by atoms with van der Waals surface area (Å²) in [5, 5.41) is 5.92. The maximum atomic E-state index is 12.2. The molecule has 0 fully saturated rings. The Hall–Kier alpha value is -2.49. The van der Waals surface area contributed by atoms with Crippen LogP contribution in [0.25, 0.3) is 0 Å². The Bertz CT molecular complexity index is 608. The van der Waals surface area contributed by atoms with Gasteiger partial charge < -0.3 is 0 Å². The van der Waals surface area contributed by atoms with Crippen LogP contribution in [0.3, 0.4) is 0 Å². The van der Waals surface area contributed by atoms with Crippen molar-refractivity contribution in [2.24, 2.45) is 5.10 Å². The van der Waals surface area contributed by atoms with Crippen molar-refractivity contribution in [3.63, 3.8) is 0 Å². The van der Waals surface area contributed by atoms with Crippen LogP contribution in [0, 0.1) is 0 Å². The van der Waals surface area contributed by atoms with Crippen molar-refractivity contribution < 1.29 is 4.79 Å². The molecule has 0 spiro atoms. The Kier molecular flexibility index (Phi) is 3.06. The summed E-state index contributed by atoms with van der Waals surface area (Å²) in [5.41, 5.74) is 2.60. The SMILES string of the molecule is O=C(c1cccnc1)N1CCC(c2ccccc2)=N1. The van der Waals surface area contributed by atoms with Crippen molar-refractivity contribution in [1.82, 2.24) is 9.99 Å². The first-order valence-electron chi connectivity index (χ1n) is 6.19. The number of hydrogen-bond donors (Lipinski definition) is 0. The van der Waals surface area contributed by atoms with Crippen LogP contribution in [-0.2, 0) is 0 Å². The molecular weight excluding hydrogens is 238 g/mol. The van der Waals surface area contributed by atoms with E-state index in [4.69, 9.17) is 0 Å². The van der Waals surface area contributed by atoms with Gasteiger partial charge in [0.1, 0.15) is 0 Å². The van der Waals surface area contributed by atoms with Crippen molar-refractivity contribution >= 4 is 11.6 Å². The van der Waals surface area contributed by atoms with Crippen LogP contribution in [-0.4, -0.2) is 28.2 Å². The number of benzene rings is 1. The van der Waals surface area contributed by atoms with Crippen molar-refractivity contribution in [3.8, 4) is 0 Å². The van der Waals surface area contributed by atoms with E-state index >= 15 is 0 Å². The lowest BCUT2D eigenvalue weighted by Gasteiger charge is -2.10. The molecule has 3 rings (SSSR count). The summed E-state index contributed by atoms with van der Waals surface area (Å²) in [6, 6.07) is 13.5. The molecule has 0 N–H and O–H groups in total. The van der Waals surface area contributed by atoms with E-state index in [0.29, 0.717) is 12.1 Å². The second-order valence-electron chi connectivity index (χ2n) is 4.33. The van der Waals surface area contributed by atoms with Gasteiger partial charge in [-0.25, -0.2) is 5.01 Å². The number of aromatic nitrogens is 1. The van der Waals surface area contributed by atoms with E-state index in [-0.39, 0.29) is 5.91 Å². The maximum absolute atomic E-state index is 12.2. The lowest BCUT2D eigenvalue weighted by atomic mass is 10.1. The van der Waals surface area contributed by atoms with E-state index in [2.05, 4.69) is 10.1 Å². The molecule has 1 aliphatic rings. The maximum Gasteiger partial charge on any atom is 0.275 e. The van der Waals surface area contributed by atoms with E-state index in [9.17, 15) is 4.79 Å². The first kappa shape index (κ1) is 11.6. The molecule has 0 aliphatic carbocycles. The number of carbonyl (C=O) groups excluding carboxylic acids is 1. The Morgan fingerprint density at radius 2 is 1.95 bits per heavy atom. The van der Waals surface area contributed by atoms with Gasteiger partial charge in [0.25, 0.3) is 5.91 Å². The highest BCUT2D eigenvalue weighted by atomic mass is 16.2. The Balaban J connectivity index is 1.82. The molecule has 19 heavy (non-hydrogen) atoms. The van der Waals surface area contributed by atoms with Crippen molar-refractivity contribution in [2.45, 2.75) is 6.42 Å². The van der Waals surface area contributed by atoms with E-state index < -0.39 is 0 Å². The van der Waals surface area contributed by atoms with Gasteiger partial charge in [-0.3, -0.25) is 9.78 Å². The lowest BCUT2D eigenvalue weighted by Crippen LogP contribution is -2.23. The highest BCUT2D eigenvalue weighted by Crippen LogP contribution is 2.15. The summed E-state index contributed by atoms with van der Waals surface area (Å²) in [6.45, 7) is 0.623. The van der Waals surface area contributed by atoms with E-state index in [1.54, 1.807) is 24.5 Å². The first-order chi connectivity index (χ1) is 9.34. The van der Waals surface area contributed by atoms with Gasteiger partial charge in [-0.15, -0.1) is 0 Å². The molecule has 4 nitrogen and oxygen atoms in total. The van der Waals surface area contributed by atoms with Crippen LogP contribution in [0.15, 0.2) is 60.0 Å². The summed E-state index contributed by atoms with van der Waals surface area (Å²) in [6.07, 6.45) is 4.01. The van der Waals surface area contributed by atoms with Crippen LogP contribution < -0.4 is 0 Å². The third-order valence-electron chi connectivity index (χ3n) is 3.05. The second kappa shape index (κ2) is 5.02. The predicted octanol–water partition coefficient (Wildman–Crippen LogP) is 2.33. The zero-order valence-electron chi connectivity index (χ0n) is 10.4. The molecule has 0 saturated carbocycles. The lowest BCUT2D eigenvalue weighted by molar-refractivity contribution is 0.0778. The van der Waals surface area contributed by atoms with Gasteiger partial charge in [0.2, 0.25) is 0 Å². The number of rotatable bonds is 2. The van der Waals surface area contributed by atoms with E-state index in [1.807, 2.05) is 30.3 Å². The average Bonchev–Trinajstić information content (AvgIpc) is 2.98. The van der Waals surface area contributed by atoms with Gasteiger partial charge in [-0.2, -0.15) is 5.10 Å². The molecule has 1 aliphatic heterocycles. The fourth-order valence-corrected chi connectivity index (χ4v) is 2.08. The summed E-state index contributed by atoms with van der Waals surface area (Å²) >= 11 is 0. The van der Waals surface area contributed by atoms with Gasteiger partial charge in [0.15, 0.2) is 0 Å². The standard InChI is InChI=1S/C15H13N3O/c19-15(13-7-4-9-16-11-13)18-10-8-14(17-18)12-5-2-1-3-6-12/h1-7,9,11H,8,10H2. The monoisotopic (exact) mass is 251 g/mol. The predicted molar refractivity (Wildman–Crippen MR) is 72.9 cm³/mol. The van der Waals surface area contributed by atoms with Gasteiger partial charge in [-0.05, 0) is 17.7 Å². The summed E-state index contributed by atoms with van der Waals surface area (Å²) < 4.78 is 0. The molecule has 4 heteroatoms. The molecule has 1 aromatic heterocycles. The molecule has 0 unspecified atom stereocenters. The molecular formula is C15H13N3O. The fourth-order valence-electron chi connectivity index (χ4n) is 2.08. The van der Waals surface area contributed by atoms with Crippen LogP contribution in [0.2, 0.25) is 0 Å². The molecule has 2 heterocycles. The van der Waals surface area contributed by atoms with Gasteiger partial charge in [-0.1, -0.05) is 30.3 Å². The summed E-state index contributed by atoms with van der Waals surface area (Å²) in [7, 11) is 0. The highest BCUT2D eigenvalue weighted by Gasteiger charge is 2.22. The summed E-state index contributed by atoms with van der Waals surface area (Å²) in [5.74, 6) is -0.0981. The largest absolute Gasteiger partial charge is 0.275 e. The van der Waals surface area contributed by atoms with Crippen LogP contribution in [0.4, 0.5) is 0 Å². The number of hydrogen-bond acceptors (Lipinski definition) is 3. The number of nitrogens with zero attached hydrogens (tertiary/aromatic N) is 3. The van der Waals surface area contributed by atoms with Crippen LogP contribution >= 0.6 is 0 Å².